The lowest BCUT2D eigenvalue weighted by Gasteiger charge is -2.29. The van der Waals surface area contributed by atoms with Crippen LogP contribution in [0.5, 0.6) is 11.6 Å². The van der Waals surface area contributed by atoms with Crippen molar-refractivity contribution in [2.45, 2.75) is 84.5 Å². The Balaban J connectivity index is 1.44. The van der Waals surface area contributed by atoms with Crippen LogP contribution in [-0.4, -0.2) is 93.0 Å². The van der Waals surface area contributed by atoms with E-state index in [2.05, 4.69) is 20.0 Å². The predicted octanol–water partition coefficient (Wildman–Crippen LogP) is 4.26. The van der Waals surface area contributed by atoms with Gasteiger partial charge >= 0.3 is 19.7 Å². The fourth-order valence-corrected chi connectivity index (χ4v) is 7.56. The Morgan fingerprint density at radius 1 is 1.09 bits per heavy atom. The number of nitrogens with zero attached hydrogens (tertiary/aromatic N) is 4. The smallest absolute Gasteiger partial charge is 0.459 e. The topological polar surface area (TPSA) is 229 Å². The zero-order valence-corrected chi connectivity index (χ0v) is 32.7. The van der Waals surface area contributed by atoms with Gasteiger partial charge in [0, 0.05) is 0 Å². The minimum atomic E-state index is -4.50. The number of esters is 2. The minimum Gasteiger partial charge on any atom is -0.479 e. The zero-order valence-electron chi connectivity index (χ0n) is 31.8. The van der Waals surface area contributed by atoms with Gasteiger partial charge in [0.2, 0.25) is 11.8 Å². The molecule has 2 aromatic carbocycles. The standard InChI is InChI=1S/C36H49N6O11P/c1-19(2)26(32(45)50-17-35(4,5)6)41-54(47,53-24-13-12-22-14-21(10-11-23(22)15-24)20(3)31(44)49-9)51-16-25-28(43)36(7,46)33(52-25)42-18-38-27-29(42)39-34(37)40-30(27)48-8/h10-15,18-20,25-26,28,33,43,46H,16-17H2,1-9H3,(H,41,47)(H2,37,39,40)/t20-,25+,26?,28+,33?,36+,54?/m0/s1. The first-order valence-corrected chi connectivity index (χ1v) is 18.9. The van der Waals surface area contributed by atoms with Crippen LogP contribution in [0.15, 0.2) is 42.7 Å². The van der Waals surface area contributed by atoms with Crippen molar-refractivity contribution < 1.29 is 52.4 Å². The van der Waals surface area contributed by atoms with Crippen LogP contribution < -0.4 is 20.1 Å². The van der Waals surface area contributed by atoms with Gasteiger partial charge in [-0.25, -0.2) is 9.55 Å². The van der Waals surface area contributed by atoms with Gasteiger partial charge in [0.15, 0.2) is 17.4 Å². The minimum absolute atomic E-state index is 0.101. The number of nitrogen functional groups attached to an aromatic ring is 1. The Kier molecular flexibility index (Phi) is 11.9. The number of carbonyl (C=O) groups excluding carboxylic acids is 2. The number of benzene rings is 2. The quantitative estimate of drug-likeness (QED) is 0.104. The number of carbonyl (C=O) groups is 2. The molecule has 0 aliphatic carbocycles. The summed E-state index contributed by atoms with van der Waals surface area (Å²) < 4.78 is 49.9. The van der Waals surface area contributed by atoms with E-state index in [4.69, 9.17) is 33.7 Å². The molecule has 7 atom stereocenters. The van der Waals surface area contributed by atoms with E-state index < -0.39 is 62.2 Å². The van der Waals surface area contributed by atoms with E-state index in [0.717, 1.165) is 10.9 Å². The molecule has 1 aliphatic rings. The summed E-state index contributed by atoms with van der Waals surface area (Å²) in [6, 6.07) is 9.21. The molecule has 1 saturated heterocycles. The normalized spacial score (nSPS) is 22.6. The van der Waals surface area contributed by atoms with Crippen molar-refractivity contribution >= 4 is 47.6 Å². The first kappa shape index (κ1) is 40.8. The van der Waals surface area contributed by atoms with E-state index in [0.29, 0.717) is 5.39 Å². The van der Waals surface area contributed by atoms with Gasteiger partial charge in [-0.2, -0.15) is 15.1 Å². The van der Waals surface area contributed by atoms with Crippen molar-refractivity contribution in [1.29, 1.82) is 0 Å². The van der Waals surface area contributed by atoms with E-state index in [1.807, 2.05) is 26.8 Å². The van der Waals surface area contributed by atoms with Crippen LogP contribution in [-0.2, 0) is 32.9 Å². The highest BCUT2D eigenvalue weighted by molar-refractivity contribution is 7.52. The van der Waals surface area contributed by atoms with Crippen molar-refractivity contribution in [3.63, 3.8) is 0 Å². The molecule has 5 N–H and O–H groups in total. The fraction of sp³-hybridized carbons (Fsp3) is 0.528. The van der Waals surface area contributed by atoms with Gasteiger partial charge in [-0.15, -0.1) is 0 Å². The number of anilines is 1. The van der Waals surface area contributed by atoms with Crippen LogP contribution in [0, 0.1) is 11.3 Å². The molecule has 17 nitrogen and oxygen atoms in total. The Morgan fingerprint density at radius 3 is 2.43 bits per heavy atom. The van der Waals surface area contributed by atoms with Crippen LogP contribution in [0.1, 0.15) is 66.2 Å². The second-order valence-electron chi connectivity index (χ2n) is 15.0. The van der Waals surface area contributed by atoms with Gasteiger partial charge in [-0.05, 0) is 53.6 Å². The third-order valence-corrected chi connectivity index (χ3v) is 10.5. The maximum absolute atomic E-state index is 14.7. The number of ether oxygens (including phenoxy) is 4. The van der Waals surface area contributed by atoms with Gasteiger partial charge in [-0.1, -0.05) is 58.9 Å². The highest BCUT2D eigenvalue weighted by Crippen LogP contribution is 2.48. The number of methoxy groups -OCH3 is 2. The molecule has 18 heteroatoms. The molecule has 0 spiro atoms. The number of hydrogen-bond donors (Lipinski definition) is 4. The van der Waals surface area contributed by atoms with Gasteiger partial charge in [0.25, 0.3) is 0 Å². The molecule has 2 aromatic heterocycles. The van der Waals surface area contributed by atoms with Crippen molar-refractivity contribution in [2.24, 2.45) is 11.3 Å². The van der Waals surface area contributed by atoms with E-state index in [1.54, 1.807) is 51.1 Å². The molecule has 1 fully saturated rings. The third-order valence-electron chi connectivity index (χ3n) is 9.00. The summed E-state index contributed by atoms with van der Waals surface area (Å²) in [6.45, 7) is 11.9. The summed E-state index contributed by atoms with van der Waals surface area (Å²) in [6.07, 6.45) is -2.77. The van der Waals surface area contributed by atoms with Crippen LogP contribution in [0.3, 0.4) is 0 Å². The highest BCUT2D eigenvalue weighted by Gasteiger charge is 2.54. The van der Waals surface area contributed by atoms with E-state index >= 15 is 0 Å². The van der Waals surface area contributed by atoms with Crippen molar-refractivity contribution in [3.05, 3.63) is 48.3 Å². The van der Waals surface area contributed by atoms with Gasteiger partial charge in [0.05, 0.1) is 39.7 Å². The van der Waals surface area contributed by atoms with Crippen LogP contribution >= 0.6 is 7.75 Å². The van der Waals surface area contributed by atoms with Crippen molar-refractivity contribution in [1.82, 2.24) is 24.6 Å². The number of nitrogens with two attached hydrogens (primary N) is 1. The van der Waals surface area contributed by atoms with Gasteiger partial charge < -0.3 is 39.4 Å². The van der Waals surface area contributed by atoms with Gasteiger partial charge in [-0.3, -0.25) is 18.7 Å². The molecule has 1 aliphatic heterocycles. The average molecular weight is 773 g/mol. The Hall–Kier alpha value is -4.38. The summed E-state index contributed by atoms with van der Waals surface area (Å²) in [5, 5.41) is 27.1. The molecule has 3 unspecified atom stereocenters. The van der Waals surface area contributed by atoms with Crippen molar-refractivity contribution in [3.8, 4) is 11.6 Å². The number of hydrogen-bond acceptors (Lipinski definition) is 15. The first-order chi connectivity index (χ1) is 25.3. The number of aliphatic hydroxyl groups is 2. The Bertz CT molecular complexity index is 2050. The van der Waals surface area contributed by atoms with Crippen LogP contribution in [0.2, 0.25) is 0 Å². The summed E-state index contributed by atoms with van der Waals surface area (Å²) in [7, 11) is -1.78. The van der Waals surface area contributed by atoms with E-state index in [9.17, 15) is 24.4 Å². The molecule has 0 bridgehead atoms. The third kappa shape index (κ3) is 8.77. The monoisotopic (exact) mass is 772 g/mol. The fourth-order valence-electron chi connectivity index (χ4n) is 5.90. The molecule has 5 rings (SSSR count). The number of nitrogens with one attached hydrogen (secondary N) is 1. The second kappa shape index (κ2) is 15.8. The zero-order chi connectivity index (χ0) is 39.7. The number of fused-ring (bicyclic) bond motifs is 2. The van der Waals surface area contributed by atoms with Crippen molar-refractivity contribution in [2.75, 3.05) is 33.2 Å². The number of aliphatic hydroxyl groups excluding tert-OH is 1. The van der Waals surface area contributed by atoms with E-state index in [1.165, 1.54) is 32.0 Å². The number of rotatable bonds is 14. The molecule has 294 valence electrons. The largest absolute Gasteiger partial charge is 0.479 e. The molecule has 0 radical (unpaired) electrons. The molecular formula is C36H49N6O11P. The summed E-state index contributed by atoms with van der Waals surface area (Å²) >= 11 is 0. The number of imidazole rings is 1. The molecule has 4 aromatic rings. The maximum atomic E-state index is 14.7. The summed E-state index contributed by atoms with van der Waals surface area (Å²) in [5.41, 5.74) is 4.77. The highest BCUT2D eigenvalue weighted by atomic mass is 31.2. The average Bonchev–Trinajstić information content (AvgIpc) is 3.63. The number of aromatic nitrogens is 4. The summed E-state index contributed by atoms with van der Waals surface area (Å²) in [4.78, 5) is 38.0. The Labute approximate surface area is 313 Å². The lowest BCUT2D eigenvalue weighted by atomic mass is 9.96. The SMILES string of the molecule is COC(=O)[C@@H](C)c1ccc2cc(OP(=O)(NC(C(=O)OCC(C)(C)C)C(C)C)OC[C@H]3OC(n4cnc5c(OC)nc(N)nc54)[C@](C)(O)[C@@H]3O)ccc2c1. The van der Waals surface area contributed by atoms with Crippen LogP contribution in [0.25, 0.3) is 21.9 Å². The maximum Gasteiger partial charge on any atom is 0.459 e. The Morgan fingerprint density at radius 2 is 1.78 bits per heavy atom. The lowest BCUT2D eigenvalue weighted by molar-refractivity contribution is -0.149. The second-order valence-corrected chi connectivity index (χ2v) is 16.7. The summed E-state index contributed by atoms with van der Waals surface area (Å²) in [5.74, 6) is -1.84. The predicted molar refractivity (Wildman–Crippen MR) is 198 cm³/mol. The first-order valence-electron chi connectivity index (χ1n) is 17.4. The van der Waals surface area contributed by atoms with Gasteiger partial charge in [0.1, 0.15) is 29.6 Å². The molecule has 54 heavy (non-hydrogen) atoms. The van der Waals surface area contributed by atoms with E-state index in [-0.39, 0.29) is 46.7 Å². The molecule has 3 heterocycles. The molecular weight excluding hydrogens is 723 g/mol. The van der Waals surface area contributed by atoms with Crippen LogP contribution in [0.4, 0.5) is 5.95 Å². The molecule has 0 amide bonds. The lowest BCUT2D eigenvalue weighted by Crippen LogP contribution is -2.45. The molecule has 0 saturated carbocycles.